The maximum atomic E-state index is 3.51. The molecule has 0 aliphatic heterocycles. The van der Waals surface area contributed by atoms with Gasteiger partial charge in [-0.3, -0.25) is 0 Å². The molecule has 2 heteroatoms. The molecule has 0 spiro atoms. The first-order valence-corrected chi connectivity index (χ1v) is 2.94. The Morgan fingerprint density at radius 1 is 1.80 bits per heavy atom. The Morgan fingerprint density at radius 3 is 2.00 bits per heavy atom. The third-order valence-electron chi connectivity index (χ3n) is 0.289. The zero-order valence-electron chi connectivity index (χ0n) is 3.70. The Balaban J connectivity index is 0. The topological polar surface area (TPSA) is 35.0 Å². The lowest BCUT2D eigenvalue weighted by atomic mass is 10.8. The summed E-state index contributed by atoms with van der Waals surface area (Å²) in [4.78, 5) is 0. The maximum absolute atomic E-state index is 3.51. The maximum Gasteiger partial charge on any atom is 0.00753 e. The van der Waals surface area contributed by atoms with Gasteiger partial charge in [-0.1, -0.05) is 6.08 Å². The average molecular weight is 89.2 g/mol. The summed E-state index contributed by atoms with van der Waals surface area (Å²) in [5.74, 6) is 0. The molecule has 0 radical (unpaired) electrons. The molecular formula is C3H11NSi. The van der Waals surface area contributed by atoms with Gasteiger partial charge in [0.05, 0.1) is 0 Å². The van der Waals surface area contributed by atoms with E-state index in [0.717, 1.165) is 0 Å². The third kappa shape index (κ3) is 17.1. The van der Waals surface area contributed by atoms with E-state index in [2.05, 4.69) is 6.58 Å². The van der Waals surface area contributed by atoms with Gasteiger partial charge in [0.25, 0.3) is 0 Å². The number of allylic oxidation sites excluding steroid dienone is 1. The van der Waals surface area contributed by atoms with Crippen molar-refractivity contribution >= 4 is 10.2 Å². The molecule has 0 atom stereocenters. The summed E-state index contributed by atoms with van der Waals surface area (Å²) in [6, 6.07) is 1.22. The van der Waals surface area contributed by atoms with Gasteiger partial charge in [-0.2, -0.15) is 0 Å². The summed E-state index contributed by atoms with van der Waals surface area (Å²) in [7, 11) is 1.27. The zero-order valence-corrected chi connectivity index (χ0v) is 5.70. The number of hydrogen-bond donors (Lipinski definition) is 1. The monoisotopic (exact) mass is 89.1 g/mol. The predicted octanol–water partition coefficient (Wildman–Crippen LogP) is 0.118. The number of hydrogen-bond acceptors (Lipinski definition) is 1. The van der Waals surface area contributed by atoms with Gasteiger partial charge in [0, 0.05) is 10.2 Å². The SMILES string of the molecule is C=CC[SiH3].N. The van der Waals surface area contributed by atoms with Crippen molar-refractivity contribution in [2.75, 3.05) is 0 Å². The molecule has 32 valence electrons. The molecule has 0 rings (SSSR count). The van der Waals surface area contributed by atoms with Crippen LogP contribution in [-0.2, 0) is 0 Å². The first-order valence-electron chi connectivity index (χ1n) is 1.52. The Labute approximate surface area is 36.1 Å². The molecule has 0 amide bonds. The molecule has 0 aliphatic rings. The Kier molecular flexibility index (Phi) is 16.1. The fourth-order valence-corrected chi connectivity index (χ4v) is 0. The molecule has 0 aromatic heterocycles. The van der Waals surface area contributed by atoms with Crippen LogP contribution in [0.1, 0.15) is 0 Å². The van der Waals surface area contributed by atoms with E-state index in [1.807, 2.05) is 6.08 Å². The summed E-state index contributed by atoms with van der Waals surface area (Å²) in [6.45, 7) is 3.51. The van der Waals surface area contributed by atoms with E-state index in [9.17, 15) is 0 Å². The van der Waals surface area contributed by atoms with Crippen LogP contribution in [-0.4, -0.2) is 10.2 Å². The van der Waals surface area contributed by atoms with Gasteiger partial charge in [-0.15, -0.1) is 6.58 Å². The van der Waals surface area contributed by atoms with Crippen LogP contribution in [0.4, 0.5) is 0 Å². The van der Waals surface area contributed by atoms with Gasteiger partial charge >= 0.3 is 0 Å². The highest BCUT2D eigenvalue weighted by atomic mass is 28.1. The number of rotatable bonds is 1. The van der Waals surface area contributed by atoms with Crippen molar-refractivity contribution in [1.29, 1.82) is 0 Å². The van der Waals surface area contributed by atoms with E-state index in [1.54, 1.807) is 0 Å². The van der Waals surface area contributed by atoms with E-state index >= 15 is 0 Å². The quantitative estimate of drug-likeness (QED) is 0.359. The molecule has 0 saturated carbocycles. The minimum atomic E-state index is 0. The predicted molar refractivity (Wildman–Crippen MR) is 30.0 cm³/mol. The fraction of sp³-hybridized carbons (Fsp3) is 0.333. The van der Waals surface area contributed by atoms with Gasteiger partial charge in [0.2, 0.25) is 0 Å². The Bertz CT molecular complexity index is 20.9. The Morgan fingerprint density at radius 2 is 2.00 bits per heavy atom. The lowest BCUT2D eigenvalue weighted by Gasteiger charge is -1.57. The van der Waals surface area contributed by atoms with Crippen LogP contribution in [0.2, 0.25) is 6.04 Å². The van der Waals surface area contributed by atoms with Crippen molar-refractivity contribution in [3.05, 3.63) is 12.7 Å². The van der Waals surface area contributed by atoms with Crippen molar-refractivity contribution in [1.82, 2.24) is 6.15 Å². The molecule has 0 aromatic rings. The van der Waals surface area contributed by atoms with Crippen LogP contribution in [0, 0.1) is 0 Å². The largest absolute Gasteiger partial charge is 0.344 e. The molecule has 3 N–H and O–H groups in total. The molecule has 0 aromatic carbocycles. The van der Waals surface area contributed by atoms with Crippen LogP contribution >= 0.6 is 0 Å². The first kappa shape index (κ1) is 8.87. The van der Waals surface area contributed by atoms with Crippen molar-refractivity contribution in [3.63, 3.8) is 0 Å². The molecule has 0 fully saturated rings. The van der Waals surface area contributed by atoms with Crippen molar-refractivity contribution < 1.29 is 0 Å². The molecule has 0 saturated heterocycles. The molecule has 0 bridgehead atoms. The summed E-state index contributed by atoms with van der Waals surface area (Å²) >= 11 is 0. The van der Waals surface area contributed by atoms with Crippen LogP contribution in [0.5, 0.6) is 0 Å². The smallest absolute Gasteiger partial charge is 0.00753 e. The van der Waals surface area contributed by atoms with Crippen molar-refractivity contribution in [2.45, 2.75) is 6.04 Å². The van der Waals surface area contributed by atoms with Gasteiger partial charge in [-0.05, 0) is 6.04 Å². The highest BCUT2D eigenvalue weighted by molar-refractivity contribution is 6.09. The minimum absolute atomic E-state index is 0. The van der Waals surface area contributed by atoms with Crippen LogP contribution in [0.15, 0.2) is 12.7 Å². The van der Waals surface area contributed by atoms with Gasteiger partial charge in [0.1, 0.15) is 0 Å². The standard InChI is InChI=1S/C3H8Si.H3N/c1-2-3-4;/h2H,1,3H2,4H3;1H3. The van der Waals surface area contributed by atoms with E-state index in [-0.39, 0.29) is 6.15 Å². The molecule has 0 aliphatic carbocycles. The van der Waals surface area contributed by atoms with Crippen molar-refractivity contribution in [2.24, 2.45) is 0 Å². The fourth-order valence-electron chi connectivity index (χ4n) is 0. The second-order valence-electron chi connectivity index (χ2n) is 0.697. The average Bonchev–Trinajstić information content (AvgIpc) is 1.37. The van der Waals surface area contributed by atoms with E-state index in [0.29, 0.717) is 0 Å². The first-order chi connectivity index (χ1) is 1.91. The Hall–Kier alpha value is -0.0831. The summed E-state index contributed by atoms with van der Waals surface area (Å²) in [5.41, 5.74) is 0. The third-order valence-corrected chi connectivity index (χ3v) is 0.866. The summed E-state index contributed by atoms with van der Waals surface area (Å²) in [6.07, 6.45) is 1.94. The van der Waals surface area contributed by atoms with E-state index in [4.69, 9.17) is 0 Å². The molecule has 0 unspecified atom stereocenters. The van der Waals surface area contributed by atoms with Crippen LogP contribution < -0.4 is 6.15 Å². The normalized spacial score (nSPS) is 5.60. The lowest BCUT2D eigenvalue weighted by Crippen LogP contribution is -1.47. The molecule has 1 nitrogen and oxygen atoms in total. The van der Waals surface area contributed by atoms with Gasteiger partial charge < -0.3 is 6.15 Å². The minimum Gasteiger partial charge on any atom is -0.344 e. The van der Waals surface area contributed by atoms with Crippen LogP contribution in [0.25, 0.3) is 0 Å². The van der Waals surface area contributed by atoms with E-state index in [1.165, 1.54) is 16.3 Å². The highest BCUT2D eigenvalue weighted by Crippen LogP contribution is 1.61. The summed E-state index contributed by atoms with van der Waals surface area (Å²) < 4.78 is 0. The van der Waals surface area contributed by atoms with Crippen LogP contribution in [0.3, 0.4) is 0 Å². The molecule has 5 heavy (non-hydrogen) atoms. The summed E-state index contributed by atoms with van der Waals surface area (Å²) in [5, 5.41) is 0. The van der Waals surface area contributed by atoms with E-state index < -0.39 is 0 Å². The zero-order chi connectivity index (χ0) is 3.41. The second-order valence-corrected chi connectivity index (χ2v) is 1.51. The van der Waals surface area contributed by atoms with Gasteiger partial charge in [-0.25, -0.2) is 0 Å². The highest BCUT2D eigenvalue weighted by Gasteiger charge is 1.46. The molecular weight excluding hydrogens is 78.1 g/mol. The lowest BCUT2D eigenvalue weighted by molar-refractivity contribution is 1.76. The second kappa shape index (κ2) is 9.07. The van der Waals surface area contributed by atoms with Gasteiger partial charge in [0.15, 0.2) is 0 Å². The molecule has 0 heterocycles. The van der Waals surface area contributed by atoms with Crippen molar-refractivity contribution in [3.8, 4) is 0 Å².